The van der Waals surface area contributed by atoms with E-state index in [0.29, 0.717) is 18.9 Å². The molecule has 2 aliphatic heterocycles. The molecule has 2 heterocycles. The Kier molecular flexibility index (Phi) is 3.93. The number of halogens is 4. The number of hydrogen-bond acceptors (Lipinski definition) is 2. The molecule has 2 nitrogen and oxygen atoms in total. The zero-order valence-electron chi connectivity index (χ0n) is 12.1. The van der Waals surface area contributed by atoms with Crippen molar-refractivity contribution in [2.24, 2.45) is 0 Å². The largest absolute Gasteiger partial charge is 0.416 e. The van der Waals surface area contributed by atoms with E-state index in [0.717, 1.165) is 31.4 Å². The van der Waals surface area contributed by atoms with Crippen molar-refractivity contribution in [1.29, 1.82) is 0 Å². The minimum absolute atomic E-state index is 0.0581. The average molecular weight is 317 g/mol. The predicted molar refractivity (Wildman–Crippen MR) is 73.9 cm³/mol. The van der Waals surface area contributed by atoms with Crippen LogP contribution >= 0.6 is 0 Å². The van der Waals surface area contributed by atoms with Crippen LogP contribution in [0.3, 0.4) is 0 Å². The first-order chi connectivity index (χ1) is 10.2. The van der Waals surface area contributed by atoms with E-state index in [-0.39, 0.29) is 24.1 Å². The first-order valence-electron chi connectivity index (χ1n) is 7.59. The SMILES string of the molecule is OC1(Cc2cc(F)cc(C(F)(F)F)c2)CC2CCCC(C1)N2. The molecule has 2 atom stereocenters. The summed E-state index contributed by atoms with van der Waals surface area (Å²) in [5.41, 5.74) is -1.85. The highest BCUT2D eigenvalue weighted by atomic mass is 19.4. The number of nitrogens with one attached hydrogen (secondary N) is 1. The van der Waals surface area contributed by atoms with Crippen LogP contribution in [0.15, 0.2) is 18.2 Å². The number of piperidine rings is 2. The molecule has 1 aromatic rings. The molecule has 6 heteroatoms. The lowest BCUT2D eigenvalue weighted by Crippen LogP contribution is -2.56. The summed E-state index contributed by atoms with van der Waals surface area (Å²) in [7, 11) is 0. The number of alkyl halides is 3. The van der Waals surface area contributed by atoms with Crippen LogP contribution in [0.4, 0.5) is 17.6 Å². The van der Waals surface area contributed by atoms with Crippen LogP contribution in [0.5, 0.6) is 0 Å². The van der Waals surface area contributed by atoms with Gasteiger partial charge in [0.15, 0.2) is 0 Å². The molecule has 3 rings (SSSR count). The zero-order chi connectivity index (χ0) is 16.0. The maximum absolute atomic E-state index is 13.5. The van der Waals surface area contributed by atoms with Gasteiger partial charge in [-0.3, -0.25) is 0 Å². The molecule has 122 valence electrons. The third kappa shape index (κ3) is 3.43. The van der Waals surface area contributed by atoms with Crippen molar-refractivity contribution in [3.05, 3.63) is 35.1 Å². The number of hydrogen-bond donors (Lipinski definition) is 2. The molecular formula is C16H19F4NO. The Bertz CT molecular complexity index is 546. The van der Waals surface area contributed by atoms with Gasteiger partial charge in [-0.05, 0) is 49.4 Å². The van der Waals surface area contributed by atoms with Crippen LogP contribution < -0.4 is 5.32 Å². The van der Waals surface area contributed by atoms with E-state index in [2.05, 4.69) is 5.32 Å². The molecule has 0 aliphatic carbocycles. The van der Waals surface area contributed by atoms with E-state index in [1.54, 1.807) is 0 Å². The Morgan fingerprint density at radius 2 is 1.77 bits per heavy atom. The molecule has 2 unspecified atom stereocenters. The van der Waals surface area contributed by atoms with Gasteiger partial charge in [0.05, 0.1) is 11.2 Å². The summed E-state index contributed by atoms with van der Waals surface area (Å²) in [5.74, 6) is -0.914. The van der Waals surface area contributed by atoms with Crippen molar-refractivity contribution in [1.82, 2.24) is 5.32 Å². The van der Waals surface area contributed by atoms with Gasteiger partial charge in [0.25, 0.3) is 0 Å². The first kappa shape index (κ1) is 15.7. The average Bonchev–Trinajstić information content (AvgIpc) is 2.35. The summed E-state index contributed by atoms with van der Waals surface area (Å²) < 4.78 is 51.8. The van der Waals surface area contributed by atoms with Gasteiger partial charge in [0.2, 0.25) is 0 Å². The second kappa shape index (κ2) is 5.49. The molecule has 2 saturated heterocycles. The predicted octanol–water partition coefficient (Wildman–Crippen LogP) is 3.42. The van der Waals surface area contributed by atoms with Gasteiger partial charge in [0.1, 0.15) is 5.82 Å². The minimum atomic E-state index is -4.58. The van der Waals surface area contributed by atoms with Crippen molar-refractivity contribution in [3.63, 3.8) is 0 Å². The molecule has 1 aromatic carbocycles. The van der Waals surface area contributed by atoms with E-state index in [4.69, 9.17) is 0 Å². The summed E-state index contributed by atoms with van der Waals surface area (Å²) in [4.78, 5) is 0. The molecule has 2 fully saturated rings. The van der Waals surface area contributed by atoms with Crippen LogP contribution in [-0.4, -0.2) is 22.8 Å². The molecule has 0 aromatic heterocycles. The van der Waals surface area contributed by atoms with Crippen molar-refractivity contribution in [2.75, 3.05) is 0 Å². The van der Waals surface area contributed by atoms with Crippen molar-refractivity contribution >= 4 is 0 Å². The Morgan fingerprint density at radius 3 is 2.36 bits per heavy atom. The van der Waals surface area contributed by atoms with Gasteiger partial charge in [-0.15, -0.1) is 0 Å². The first-order valence-corrected chi connectivity index (χ1v) is 7.59. The van der Waals surface area contributed by atoms with Gasteiger partial charge >= 0.3 is 6.18 Å². The third-order valence-corrected chi connectivity index (χ3v) is 4.65. The van der Waals surface area contributed by atoms with Gasteiger partial charge < -0.3 is 10.4 Å². The molecule has 0 saturated carbocycles. The van der Waals surface area contributed by atoms with Crippen molar-refractivity contribution < 1.29 is 22.7 Å². The highest BCUT2D eigenvalue weighted by Crippen LogP contribution is 2.36. The Hall–Kier alpha value is -1.14. The van der Waals surface area contributed by atoms with Crippen LogP contribution in [0.1, 0.15) is 43.2 Å². The lowest BCUT2D eigenvalue weighted by atomic mass is 9.74. The Morgan fingerprint density at radius 1 is 1.14 bits per heavy atom. The van der Waals surface area contributed by atoms with Gasteiger partial charge in [-0.25, -0.2) is 4.39 Å². The van der Waals surface area contributed by atoms with E-state index < -0.39 is 23.2 Å². The molecule has 0 spiro atoms. The van der Waals surface area contributed by atoms with Gasteiger partial charge in [-0.1, -0.05) is 6.42 Å². The maximum atomic E-state index is 13.5. The quantitative estimate of drug-likeness (QED) is 0.819. The topological polar surface area (TPSA) is 32.3 Å². The third-order valence-electron chi connectivity index (χ3n) is 4.65. The molecule has 0 amide bonds. The number of fused-ring (bicyclic) bond motifs is 2. The molecule has 22 heavy (non-hydrogen) atoms. The van der Waals surface area contributed by atoms with Crippen molar-refractivity contribution in [3.8, 4) is 0 Å². The number of aliphatic hydroxyl groups is 1. The van der Waals surface area contributed by atoms with Crippen LogP contribution in [0, 0.1) is 5.82 Å². The summed E-state index contributed by atoms with van der Waals surface area (Å²) >= 11 is 0. The smallest absolute Gasteiger partial charge is 0.389 e. The molecule has 2 aliphatic rings. The van der Waals surface area contributed by atoms with Crippen molar-refractivity contribution in [2.45, 2.75) is 62.4 Å². The summed E-state index contributed by atoms with van der Waals surface area (Å²) in [6, 6.07) is 2.93. The van der Waals surface area contributed by atoms with E-state index >= 15 is 0 Å². The number of benzene rings is 1. The zero-order valence-corrected chi connectivity index (χ0v) is 12.1. The van der Waals surface area contributed by atoms with Crippen LogP contribution in [0.25, 0.3) is 0 Å². The lowest BCUT2D eigenvalue weighted by Gasteiger charge is -2.45. The molecule has 0 radical (unpaired) electrons. The van der Waals surface area contributed by atoms with E-state index in [9.17, 15) is 22.7 Å². The molecular weight excluding hydrogens is 298 g/mol. The lowest BCUT2D eigenvalue weighted by molar-refractivity contribution is -0.137. The second-order valence-corrected chi connectivity index (χ2v) is 6.65. The highest BCUT2D eigenvalue weighted by Gasteiger charge is 2.41. The van der Waals surface area contributed by atoms with Crippen LogP contribution in [0.2, 0.25) is 0 Å². The van der Waals surface area contributed by atoms with Gasteiger partial charge in [-0.2, -0.15) is 13.2 Å². The monoisotopic (exact) mass is 317 g/mol. The minimum Gasteiger partial charge on any atom is -0.389 e. The summed E-state index contributed by atoms with van der Waals surface area (Å²) in [6.45, 7) is 0. The van der Waals surface area contributed by atoms with E-state index in [1.807, 2.05) is 0 Å². The fourth-order valence-corrected chi connectivity index (χ4v) is 3.87. The fraction of sp³-hybridized carbons (Fsp3) is 0.625. The maximum Gasteiger partial charge on any atom is 0.416 e. The Balaban J connectivity index is 1.82. The normalized spacial score (nSPS) is 32.0. The highest BCUT2D eigenvalue weighted by molar-refractivity contribution is 5.28. The standard InChI is InChI=1S/C16H19F4NO/c17-12-5-10(4-11(6-12)16(18,19)20)7-15(22)8-13-2-1-3-14(9-15)21-13/h4-6,13-14,21-22H,1-3,7-9H2. The van der Waals surface area contributed by atoms with Crippen LogP contribution in [-0.2, 0) is 12.6 Å². The van der Waals surface area contributed by atoms with E-state index in [1.165, 1.54) is 0 Å². The Labute approximate surface area is 126 Å². The number of rotatable bonds is 2. The summed E-state index contributed by atoms with van der Waals surface area (Å²) in [6.07, 6.45) is -0.475. The second-order valence-electron chi connectivity index (χ2n) is 6.65. The molecule has 2 N–H and O–H groups in total. The fourth-order valence-electron chi connectivity index (χ4n) is 3.87. The van der Waals surface area contributed by atoms with Gasteiger partial charge in [0, 0.05) is 18.5 Å². The summed E-state index contributed by atoms with van der Waals surface area (Å²) in [5, 5.41) is 14.2. The molecule has 2 bridgehead atoms.